The second-order valence-electron chi connectivity index (χ2n) is 5.94. The maximum absolute atomic E-state index is 12.2. The zero-order valence-corrected chi connectivity index (χ0v) is 17.8. The minimum Gasteiger partial charge on any atom is -0.496 e. The second-order valence-corrected chi connectivity index (χ2v) is 8.55. The summed E-state index contributed by atoms with van der Waals surface area (Å²) in [7, 11) is 1.63. The molecule has 2 heterocycles. The molecule has 0 saturated carbocycles. The fourth-order valence-corrected chi connectivity index (χ4v) is 4.40. The molecule has 3 aromatic rings. The van der Waals surface area contributed by atoms with Crippen molar-refractivity contribution in [2.45, 2.75) is 26.2 Å². The lowest BCUT2D eigenvalue weighted by atomic mass is 10.2. The lowest BCUT2D eigenvalue weighted by molar-refractivity contribution is -0.115. The molecule has 26 heavy (non-hydrogen) atoms. The zero-order valence-electron chi connectivity index (χ0n) is 14.6. The Bertz CT molecular complexity index is 921. The van der Waals surface area contributed by atoms with Crippen LogP contribution in [-0.4, -0.2) is 23.0 Å². The number of nitrogens with one attached hydrogen (secondary N) is 1. The van der Waals surface area contributed by atoms with Crippen molar-refractivity contribution in [1.82, 2.24) is 9.97 Å². The summed E-state index contributed by atoms with van der Waals surface area (Å²) in [5.41, 5.74) is 2.56. The van der Waals surface area contributed by atoms with Crippen LogP contribution in [0.3, 0.4) is 0 Å². The molecule has 0 atom stereocenters. The first-order valence-electron chi connectivity index (χ1n) is 8.00. The molecule has 0 aliphatic rings. The fraction of sp³-hybridized carbons (Fsp3) is 0.278. The van der Waals surface area contributed by atoms with E-state index in [-0.39, 0.29) is 12.3 Å². The third-order valence-electron chi connectivity index (χ3n) is 3.60. The number of carbonyl (C=O) groups is 1. The highest BCUT2D eigenvalue weighted by molar-refractivity contribution is 9.10. The van der Waals surface area contributed by atoms with Crippen LogP contribution in [0.25, 0.3) is 11.3 Å². The molecule has 2 aromatic heterocycles. The van der Waals surface area contributed by atoms with Crippen LogP contribution in [0.4, 0.5) is 5.13 Å². The topological polar surface area (TPSA) is 64.1 Å². The van der Waals surface area contributed by atoms with E-state index in [0.29, 0.717) is 11.0 Å². The molecular weight excluding hydrogens is 434 g/mol. The number of anilines is 1. The number of amides is 1. The van der Waals surface area contributed by atoms with Gasteiger partial charge in [-0.05, 0) is 34.1 Å². The number of halogens is 1. The number of benzene rings is 1. The number of hydrogen-bond donors (Lipinski definition) is 1. The Hall–Kier alpha value is -1.77. The van der Waals surface area contributed by atoms with Crippen molar-refractivity contribution in [1.29, 1.82) is 0 Å². The molecule has 8 heteroatoms. The van der Waals surface area contributed by atoms with E-state index in [2.05, 4.69) is 45.1 Å². The zero-order chi connectivity index (χ0) is 18.7. The molecule has 0 bridgehead atoms. The smallest absolute Gasteiger partial charge is 0.232 e. The van der Waals surface area contributed by atoms with E-state index in [1.54, 1.807) is 18.4 Å². The third kappa shape index (κ3) is 4.49. The van der Waals surface area contributed by atoms with Gasteiger partial charge < -0.3 is 10.1 Å². The highest BCUT2D eigenvalue weighted by atomic mass is 79.9. The molecular formula is C18H18BrN3O2S2. The Morgan fingerprint density at radius 1 is 1.27 bits per heavy atom. The molecule has 0 aliphatic heterocycles. The normalized spacial score (nSPS) is 11.0. The lowest BCUT2D eigenvalue weighted by Gasteiger charge is -2.04. The summed E-state index contributed by atoms with van der Waals surface area (Å²) < 4.78 is 6.10. The first-order valence-corrected chi connectivity index (χ1v) is 10.5. The van der Waals surface area contributed by atoms with Crippen LogP contribution in [0.15, 0.2) is 33.4 Å². The molecule has 0 saturated heterocycles. The van der Waals surface area contributed by atoms with E-state index >= 15 is 0 Å². The molecule has 0 unspecified atom stereocenters. The summed E-state index contributed by atoms with van der Waals surface area (Å²) in [5, 5.41) is 8.34. The Morgan fingerprint density at radius 2 is 2.08 bits per heavy atom. The second kappa shape index (κ2) is 8.28. The van der Waals surface area contributed by atoms with Crippen molar-refractivity contribution < 1.29 is 9.53 Å². The van der Waals surface area contributed by atoms with Gasteiger partial charge >= 0.3 is 0 Å². The molecule has 0 spiro atoms. The molecule has 1 amide bonds. The van der Waals surface area contributed by atoms with Crippen LogP contribution in [0.5, 0.6) is 5.75 Å². The van der Waals surface area contributed by atoms with E-state index in [1.807, 2.05) is 29.0 Å². The van der Waals surface area contributed by atoms with Gasteiger partial charge in [0.2, 0.25) is 5.91 Å². The first kappa shape index (κ1) is 19.0. The Morgan fingerprint density at radius 3 is 2.73 bits per heavy atom. The number of ether oxygens (including phenoxy) is 1. The fourth-order valence-electron chi connectivity index (χ4n) is 2.29. The molecule has 1 N–H and O–H groups in total. The highest BCUT2D eigenvalue weighted by Crippen LogP contribution is 2.32. The van der Waals surface area contributed by atoms with Gasteiger partial charge in [-0.25, -0.2) is 9.97 Å². The number of aromatic nitrogens is 2. The largest absolute Gasteiger partial charge is 0.496 e. The average molecular weight is 452 g/mol. The molecule has 136 valence electrons. The monoisotopic (exact) mass is 451 g/mol. The predicted octanol–water partition coefficient (Wildman–Crippen LogP) is 5.34. The highest BCUT2D eigenvalue weighted by Gasteiger charge is 2.13. The predicted molar refractivity (Wildman–Crippen MR) is 110 cm³/mol. The molecule has 3 rings (SSSR count). The van der Waals surface area contributed by atoms with Gasteiger partial charge in [-0.1, -0.05) is 13.8 Å². The number of nitrogens with zero attached hydrogens (tertiary/aromatic N) is 2. The van der Waals surface area contributed by atoms with Gasteiger partial charge in [-0.3, -0.25) is 4.79 Å². The van der Waals surface area contributed by atoms with Crippen LogP contribution in [-0.2, 0) is 11.2 Å². The number of thiazole rings is 2. The van der Waals surface area contributed by atoms with E-state index < -0.39 is 0 Å². The van der Waals surface area contributed by atoms with Gasteiger partial charge in [0.1, 0.15) is 5.75 Å². The maximum atomic E-state index is 12.2. The van der Waals surface area contributed by atoms with Crippen molar-refractivity contribution >= 4 is 49.6 Å². The van der Waals surface area contributed by atoms with E-state index in [1.165, 1.54) is 11.3 Å². The molecule has 0 aliphatic carbocycles. The summed E-state index contributed by atoms with van der Waals surface area (Å²) in [6.07, 6.45) is 0.256. The Labute approximate surface area is 168 Å². The van der Waals surface area contributed by atoms with Gasteiger partial charge in [0.25, 0.3) is 0 Å². The minimum atomic E-state index is -0.109. The molecule has 0 radical (unpaired) electrons. The Balaban J connectivity index is 1.66. The summed E-state index contributed by atoms with van der Waals surface area (Å²) in [4.78, 5) is 21.2. The summed E-state index contributed by atoms with van der Waals surface area (Å²) in [5.74, 6) is 1.03. The van der Waals surface area contributed by atoms with Gasteiger partial charge in [0.05, 0.1) is 34.4 Å². The van der Waals surface area contributed by atoms with E-state index in [9.17, 15) is 4.79 Å². The van der Waals surface area contributed by atoms with Crippen molar-refractivity contribution in [2.24, 2.45) is 0 Å². The van der Waals surface area contributed by atoms with Crippen LogP contribution >= 0.6 is 38.6 Å². The Kier molecular flexibility index (Phi) is 6.05. The standard InChI is InChI=1S/C18H18BrN3O2S2/c1-10(2)17-20-12(8-25-17)7-16(23)22-18-21-14(9-26-18)11-4-5-15(24-3)13(19)6-11/h4-6,8-10H,7H2,1-3H3,(H,21,22,23). The van der Waals surface area contributed by atoms with Crippen LogP contribution in [0, 0.1) is 0 Å². The van der Waals surface area contributed by atoms with Crippen molar-refractivity contribution in [3.05, 3.63) is 44.1 Å². The summed E-state index contributed by atoms with van der Waals surface area (Å²) in [6.45, 7) is 4.19. The summed E-state index contributed by atoms with van der Waals surface area (Å²) in [6, 6.07) is 5.76. The summed E-state index contributed by atoms with van der Waals surface area (Å²) >= 11 is 6.47. The average Bonchev–Trinajstić information content (AvgIpc) is 3.24. The van der Waals surface area contributed by atoms with Gasteiger partial charge in [-0.2, -0.15) is 0 Å². The quantitative estimate of drug-likeness (QED) is 0.548. The minimum absolute atomic E-state index is 0.109. The van der Waals surface area contributed by atoms with Crippen LogP contribution < -0.4 is 10.1 Å². The van der Waals surface area contributed by atoms with Gasteiger partial charge in [-0.15, -0.1) is 22.7 Å². The molecule has 1 aromatic carbocycles. The van der Waals surface area contributed by atoms with Crippen molar-refractivity contribution in [3.63, 3.8) is 0 Å². The molecule has 5 nitrogen and oxygen atoms in total. The lowest BCUT2D eigenvalue weighted by Crippen LogP contribution is -2.14. The number of rotatable bonds is 6. The van der Waals surface area contributed by atoms with Crippen LogP contribution in [0.1, 0.15) is 30.5 Å². The molecule has 0 fully saturated rings. The van der Waals surface area contributed by atoms with Crippen molar-refractivity contribution in [2.75, 3.05) is 12.4 Å². The maximum Gasteiger partial charge on any atom is 0.232 e. The number of hydrogen-bond acceptors (Lipinski definition) is 6. The van der Waals surface area contributed by atoms with E-state index in [0.717, 1.165) is 32.2 Å². The number of methoxy groups -OCH3 is 1. The van der Waals surface area contributed by atoms with Gasteiger partial charge in [0, 0.05) is 22.2 Å². The van der Waals surface area contributed by atoms with Gasteiger partial charge in [0.15, 0.2) is 5.13 Å². The van der Waals surface area contributed by atoms with Crippen molar-refractivity contribution in [3.8, 4) is 17.0 Å². The van der Waals surface area contributed by atoms with Crippen LogP contribution in [0.2, 0.25) is 0 Å². The first-order chi connectivity index (χ1) is 12.5. The van der Waals surface area contributed by atoms with E-state index in [4.69, 9.17) is 4.74 Å². The SMILES string of the molecule is COc1ccc(-c2csc(NC(=O)Cc3csc(C(C)C)n3)n2)cc1Br. The number of carbonyl (C=O) groups excluding carboxylic acids is 1. The third-order valence-corrected chi connectivity index (χ3v) is 6.17.